The molecule has 24 valence electrons. The maximum absolute atomic E-state index is 8.40. The maximum atomic E-state index is 8.40. The monoisotopic (exact) mass is 101 g/mol. The van der Waals surface area contributed by atoms with Gasteiger partial charge >= 0.3 is 26.7 Å². The van der Waals surface area contributed by atoms with Crippen molar-refractivity contribution in [2.24, 2.45) is 0 Å². The SMILES string of the molecule is O=[Si]=O.[Al+3].[N-3]. The van der Waals surface area contributed by atoms with Gasteiger partial charge in [-0.2, -0.15) is 0 Å². The van der Waals surface area contributed by atoms with Crippen molar-refractivity contribution < 1.29 is 8.92 Å². The Labute approximate surface area is 42.4 Å². The van der Waals surface area contributed by atoms with E-state index in [0.29, 0.717) is 0 Å². The summed E-state index contributed by atoms with van der Waals surface area (Å²) in [6, 6.07) is 0. The molecule has 0 aliphatic rings. The minimum atomic E-state index is -1.42. The molecule has 0 saturated carbocycles. The molecule has 0 N–H and O–H groups in total. The summed E-state index contributed by atoms with van der Waals surface area (Å²) in [5.74, 6) is 0. The first-order valence-electron chi connectivity index (χ1n) is 0.408. The summed E-state index contributed by atoms with van der Waals surface area (Å²) >= 11 is 0. The van der Waals surface area contributed by atoms with Crippen molar-refractivity contribution >= 4 is 26.7 Å². The van der Waals surface area contributed by atoms with Crippen LogP contribution in [-0.2, 0) is 8.92 Å². The first kappa shape index (κ1) is 18.5. The molecule has 0 fully saturated rings. The second kappa shape index (κ2) is 27.5. The predicted molar refractivity (Wildman–Crippen MR) is 16.2 cm³/mol. The Morgan fingerprint density at radius 3 is 1.20 bits per heavy atom. The average Bonchev–Trinajstić information content (AvgIpc) is 0.918. The Morgan fingerprint density at radius 2 is 1.20 bits per heavy atom. The van der Waals surface area contributed by atoms with Gasteiger partial charge in [-0.1, -0.05) is 0 Å². The third kappa shape index (κ3) is 240. The molecule has 0 bridgehead atoms. The van der Waals surface area contributed by atoms with Crippen LogP contribution in [0, 0.1) is 0 Å². The molecule has 0 aromatic carbocycles. The zero-order valence-corrected chi connectivity index (χ0v) is 4.50. The van der Waals surface area contributed by atoms with Crippen molar-refractivity contribution in [1.29, 1.82) is 0 Å². The maximum Gasteiger partial charge on any atom is 3.00 e. The van der Waals surface area contributed by atoms with E-state index in [0.717, 1.165) is 0 Å². The van der Waals surface area contributed by atoms with E-state index in [4.69, 9.17) is 8.92 Å². The van der Waals surface area contributed by atoms with Gasteiger partial charge in [0, 0.05) is 0 Å². The van der Waals surface area contributed by atoms with Gasteiger partial charge < -0.3 is 6.15 Å². The number of hydrogen-bond acceptors (Lipinski definition) is 2. The van der Waals surface area contributed by atoms with Crippen LogP contribution in [0.4, 0.5) is 0 Å². The molecule has 0 aromatic heterocycles. The molecule has 3 nitrogen and oxygen atoms in total. The summed E-state index contributed by atoms with van der Waals surface area (Å²) in [6.45, 7) is 0. The van der Waals surface area contributed by atoms with Crippen molar-refractivity contribution in [3.63, 3.8) is 0 Å². The van der Waals surface area contributed by atoms with E-state index in [2.05, 4.69) is 0 Å². The van der Waals surface area contributed by atoms with Gasteiger partial charge in [-0.3, -0.25) is 8.92 Å². The first-order chi connectivity index (χ1) is 1.41. The van der Waals surface area contributed by atoms with Crippen LogP contribution in [0.5, 0.6) is 0 Å². The van der Waals surface area contributed by atoms with Crippen LogP contribution < -0.4 is 0 Å². The molecule has 0 atom stereocenters. The fraction of sp³-hybridized carbons (Fsp3) is 0. The summed E-state index contributed by atoms with van der Waals surface area (Å²) in [5, 5.41) is 0. The summed E-state index contributed by atoms with van der Waals surface area (Å²) in [7, 11) is -1.42. The van der Waals surface area contributed by atoms with Crippen molar-refractivity contribution in [1.82, 2.24) is 0 Å². The average molecular weight is 101 g/mol. The van der Waals surface area contributed by atoms with E-state index in [1.54, 1.807) is 0 Å². The van der Waals surface area contributed by atoms with Crippen molar-refractivity contribution in [2.45, 2.75) is 0 Å². The van der Waals surface area contributed by atoms with Crippen LogP contribution >= 0.6 is 0 Å². The fourth-order valence-electron chi connectivity index (χ4n) is 0. The van der Waals surface area contributed by atoms with E-state index >= 15 is 0 Å². The van der Waals surface area contributed by atoms with Crippen LogP contribution in [0.2, 0.25) is 0 Å². The quantitative estimate of drug-likeness (QED) is 0.378. The Morgan fingerprint density at radius 1 is 1.20 bits per heavy atom. The van der Waals surface area contributed by atoms with E-state index in [9.17, 15) is 0 Å². The van der Waals surface area contributed by atoms with Crippen molar-refractivity contribution in [2.75, 3.05) is 0 Å². The van der Waals surface area contributed by atoms with Crippen LogP contribution in [0.15, 0.2) is 0 Å². The van der Waals surface area contributed by atoms with Gasteiger partial charge in [0.05, 0.1) is 0 Å². The normalized spacial score (nSPS) is 1.60. The Hall–Kier alpha value is 0.309. The van der Waals surface area contributed by atoms with E-state index in [1.165, 1.54) is 0 Å². The van der Waals surface area contributed by atoms with E-state index in [-0.39, 0.29) is 23.5 Å². The number of rotatable bonds is 0. The molecule has 0 saturated heterocycles. The third-order valence-electron chi connectivity index (χ3n) is 0. The number of hydrogen-bond donors (Lipinski definition) is 0. The molecule has 0 aliphatic heterocycles. The van der Waals surface area contributed by atoms with E-state index in [1.807, 2.05) is 0 Å². The van der Waals surface area contributed by atoms with Crippen LogP contribution in [0.1, 0.15) is 0 Å². The second-order valence-electron chi connectivity index (χ2n) is 0.0833. The molecule has 0 aliphatic carbocycles. The largest absolute Gasteiger partial charge is 3.00 e. The van der Waals surface area contributed by atoms with Crippen molar-refractivity contribution in [3.8, 4) is 0 Å². The molecule has 0 amide bonds. The molecule has 0 rings (SSSR count). The van der Waals surface area contributed by atoms with Crippen molar-refractivity contribution in [3.05, 3.63) is 6.15 Å². The zero-order valence-electron chi connectivity index (χ0n) is 2.34. The molecular weight excluding hydrogens is 101 g/mol. The molecule has 0 spiro atoms. The fourth-order valence-corrected chi connectivity index (χ4v) is 0. The molecular formula is AlNO2Si. The molecule has 0 unspecified atom stereocenters. The first-order valence-corrected chi connectivity index (χ1v) is 1.22. The third-order valence-corrected chi connectivity index (χ3v) is 0. The minimum absolute atomic E-state index is 0. The van der Waals surface area contributed by atoms with Gasteiger partial charge in [0.2, 0.25) is 0 Å². The molecule has 0 radical (unpaired) electrons. The van der Waals surface area contributed by atoms with Gasteiger partial charge in [-0.05, 0) is 0 Å². The van der Waals surface area contributed by atoms with E-state index < -0.39 is 9.29 Å². The zero-order chi connectivity index (χ0) is 2.71. The van der Waals surface area contributed by atoms with Crippen LogP contribution in [0.3, 0.4) is 0 Å². The molecule has 5 heavy (non-hydrogen) atoms. The van der Waals surface area contributed by atoms with Gasteiger partial charge in [0.1, 0.15) is 0 Å². The standard InChI is InChI=1S/Al.N.O2Si/c;;1-3-2/q+3;-3;. The van der Waals surface area contributed by atoms with Crippen LogP contribution in [-0.4, -0.2) is 26.7 Å². The van der Waals surface area contributed by atoms with Gasteiger partial charge in [0.15, 0.2) is 0 Å². The topological polar surface area (TPSA) is 64.6 Å². The Bertz CT molecular complexity index is 30.6. The Balaban J connectivity index is -0.0000000200. The summed E-state index contributed by atoms with van der Waals surface area (Å²) in [6.07, 6.45) is 0. The molecule has 0 heterocycles. The summed E-state index contributed by atoms with van der Waals surface area (Å²) in [5.41, 5.74) is 0. The Kier molecular flexibility index (Phi) is 102. The van der Waals surface area contributed by atoms with Crippen LogP contribution in [0.25, 0.3) is 6.15 Å². The van der Waals surface area contributed by atoms with Gasteiger partial charge in [-0.15, -0.1) is 0 Å². The second-order valence-corrected chi connectivity index (χ2v) is 0.250. The summed E-state index contributed by atoms with van der Waals surface area (Å²) < 4.78 is 16.8. The van der Waals surface area contributed by atoms with Gasteiger partial charge in [0.25, 0.3) is 0 Å². The molecule has 5 heteroatoms. The molecule has 0 aromatic rings. The summed E-state index contributed by atoms with van der Waals surface area (Å²) in [4.78, 5) is 0. The minimum Gasteiger partial charge on any atom is -3.00 e. The smallest absolute Gasteiger partial charge is 3.00 e. The predicted octanol–water partition coefficient (Wildman–Crippen LogP) is -0.711. The van der Waals surface area contributed by atoms with Gasteiger partial charge in [-0.25, -0.2) is 0 Å². The number of nitrogens with zero attached hydrogens (tertiary/aromatic N) is 1.